The number of nitrogens with one attached hydrogen (secondary N) is 2. The van der Waals surface area contributed by atoms with Gasteiger partial charge in [0.1, 0.15) is 17.5 Å². The number of aliphatic hydroxyl groups is 1. The fourth-order valence-corrected chi connectivity index (χ4v) is 4.90. The molecule has 3 aromatic rings. The molecule has 0 saturated carbocycles. The number of aliphatic carboxylic acids is 1. The van der Waals surface area contributed by atoms with Crippen molar-refractivity contribution in [3.8, 4) is 0 Å². The van der Waals surface area contributed by atoms with Crippen molar-refractivity contribution in [1.82, 2.24) is 10.3 Å². The molecule has 0 radical (unpaired) electrons. The average Bonchev–Trinajstić information content (AvgIpc) is 3.34. The molecular weight excluding hydrogens is 500 g/mol. The number of hydrogen-bond acceptors (Lipinski definition) is 6. The SMILES string of the molecule is CCOCC1=CC(OC)=C(c2ccc(CC(NC(=O)c3[nH]c4ccccc4c3CO)C(=O)O)cc2)C(OC)C1. The van der Waals surface area contributed by atoms with Gasteiger partial charge in [-0.05, 0) is 35.8 Å². The van der Waals surface area contributed by atoms with Gasteiger partial charge in [0.05, 0.1) is 26.4 Å². The van der Waals surface area contributed by atoms with Gasteiger partial charge in [-0.25, -0.2) is 4.79 Å². The number of carboxylic acid groups (broad SMARTS) is 1. The molecule has 2 atom stereocenters. The molecule has 1 aromatic heterocycles. The Balaban J connectivity index is 1.53. The number of para-hydroxylation sites is 1. The number of benzene rings is 2. The maximum absolute atomic E-state index is 13.0. The van der Waals surface area contributed by atoms with Crippen molar-refractivity contribution in [1.29, 1.82) is 0 Å². The fraction of sp³-hybridized carbons (Fsp3) is 0.333. The van der Waals surface area contributed by atoms with Crippen LogP contribution in [0.3, 0.4) is 0 Å². The number of H-pyrrole nitrogens is 1. The van der Waals surface area contributed by atoms with E-state index in [4.69, 9.17) is 14.2 Å². The highest BCUT2D eigenvalue weighted by molar-refractivity contribution is 6.02. The number of rotatable bonds is 12. The molecule has 9 nitrogen and oxygen atoms in total. The van der Waals surface area contributed by atoms with E-state index < -0.39 is 17.9 Å². The second kappa shape index (κ2) is 12.8. The maximum Gasteiger partial charge on any atom is 0.326 e. The molecule has 1 amide bonds. The third-order valence-corrected chi connectivity index (χ3v) is 6.87. The highest BCUT2D eigenvalue weighted by Crippen LogP contribution is 2.34. The summed E-state index contributed by atoms with van der Waals surface area (Å²) in [6.07, 6.45) is 2.53. The number of carboxylic acids is 1. The number of carbonyl (C=O) groups excluding carboxylic acids is 1. The second-order valence-electron chi connectivity index (χ2n) is 9.30. The van der Waals surface area contributed by atoms with E-state index in [1.807, 2.05) is 49.4 Å². The molecule has 1 heterocycles. The van der Waals surface area contributed by atoms with Crippen molar-refractivity contribution < 1.29 is 34.0 Å². The Morgan fingerprint density at radius 3 is 2.51 bits per heavy atom. The number of aromatic nitrogens is 1. The van der Waals surface area contributed by atoms with Crippen LogP contribution in [0.4, 0.5) is 0 Å². The van der Waals surface area contributed by atoms with E-state index >= 15 is 0 Å². The van der Waals surface area contributed by atoms with Crippen molar-refractivity contribution >= 4 is 28.4 Å². The van der Waals surface area contributed by atoms with Gasteiger partial charge in [0.25, 0.3) is 5.91 Å². The minimum Gasteiger partial charge on any atom is -0.496 e. The van der Waals surface area contributed by atoms with Gasteiger partial charge in [0, 0.05) is 48.6 Å². The molecule has 4 rings (SSSR count). The number of fused-ring (bicyclic) bond motifs is 1. The fourth-order valence-electron chi connectivity index (χ4n) is 4.90. The summed E-state index contributed by atoms with van der Waals surface area (Å²) in [5, 5.41) is 23.0. The molecule has 2 unspecified atom stereocenters. The number of ether oxygens (including phenoxy) is 3. The van der Waals surface area contributed by atoms with Gasteiger partial charge in [-0.1, -0.05) is 42.5 Å². The number of hydrogen-bond donors (Lipinski definition) is 4. The number of aliphatic hydroxyl groups excluding tert-OH is 1. The molecule has 0 saturated heterocycles. The minimum atomic E-state index is -1.17. The van der Waals surface area contributed by atoms with Gasteiger partial charge in [-0.15, -0.1) is 0 Å². The molecule has 0 aliphatic heterocycles. The summed E-state index contributed by atoms with van der Waals surface area (Å²) < 4.78 is 17.0. The van der Waals surface area contributed by atoms with Crippen LogP contribution >= 0.6 is 0 Å². The van der Waals surface area contributed by atoms with Crippen molar-refractivity contribution in [2.24, 2.45) is 0 Å². The average molecular weight is 535 g/mol. The smallest absolute Gasteiger partial charge is 0.326 e. The maximum atomic E-state index is 13.0. The summed E-state index contributed by atoms with van der Waals surface area (Å²) in [5.74, 6) is -1.05. The summed E-state index contributed by atoms with van der Waals surface area (Å²) in [7, 11) is 3.28. The standard InChI is InChI=1S/C30H34N2O7/c1-4-39-17-19-14-25(37-2)27(26(15-19)38-3)20-11-9-18(10-12-20)13-24(30(35)36)32-29(34)28-22(16-33)21-7-5-6-8-23(21)31-28/h5-12,14,24,26,31,33H,4,13,15-17H2,1-3H3,(H,32,34)(H,35,36). The van der Waals surface area contributed by atoms with Crippen LogP contribution in [0.5, 0.6) is 0 Å². The van der Waals surface area contributed by atoms with E-state index in [0.717, 1.165) is 22.3 Å². The molecule has 1 aliphatic rings. The van der Waals surface area contributed by atoms with Gasteiger partial charge in [-0.2, -0.15) is 0 Å². The number of amides is 1. The lowest BCUT2D eigenvalue weighted by Crippen LogP contribution is -2.42. The molecule has 0 spiro atoms. The van der Waals surface area contributed by atoms with E-state index in [1.54, 1.807) is 26.4 Å². The van der Waals surface area contributed by atoms with Gasteiger partial charge < -0.3 is 34.7 Å². The number of allylic oxidation sites excluding steroid dienone is 1. The molecule has 4 N–H and O–H groups in total. The second-order valence-corrected chi connectivity index (χ2v) is 9.30. The minimum absolute atomic E-state index is 0.0817. The molecule has 2 aromatic carbocycles. The van der Waals surface area contributed by atoms with Crippen LogP contribution in [0.15, 0.2) is 65.9 Å². The Labute approximate surface area is 227 Å². The van der Waals surface area contributed by atoms with Gasteiger partial charge in [0.15, 0.2) is 0 Å². The van der Waals surface area contributed by atoms with Crippen LogP contribution in [0.2, 0.25) is 0 Å². The van der Waals surface area contributed by atoms with Crippen molar-refractivity contribution in [2.75, 3.05) is 27.4 Å². The van der Waals surface area contributed by atoms with Crippen molar-refractivity contribution in [2.45, 2.75) is 38.5 Å². The summed E-state index contributed by atoms with van der Waals surface area (Å²) in [6.45, 7) is 2.73. The van der Waals surface area contributed by atoms with Crippen LogP contribution in [0.1, 0.15) is 40.5 Å². The first-order valence-electron chi connectivity index (χ1n) is 12.8. The Bertz CT molecular complexity index is 1390. The third-order valence-electron chi connectivity index (χ3n) is 6.87. The summed E-state index contributed by atoms with van der Waals surface area (Å²) in [6, 6.07) is 13.5. The van der Waals surface area contributed by atoms with E-state index in [-0.39, 0.29) is 24.8 Å². The molecular formula is C30H34N2O7. The Morgan fingerprint density at radius 2 is 1.87 bits per heavy atom. The largest absolute Gasteiger partial charge is 0.496 e. The molecule has 39 heavy (non-hydrogen) atoms. The van der Waals surface area contributed by atoms with Gasteiger partial charge in [0.2, 0.25) is 0 Å². The zero-order valence-corrected chi connectivity index (χ0v) is 22.3. The molecule has 1 aliphatic carbocycles. The topological polar surface area (TPSA) is 130 Å². The van der Waals surface area contributed by atoms with Crippen molar-refractivity contribution in [3.05, 3.63) is 88.3 Å². The lowest BCUT2D eigenvalue weighted by atomic mass is 9.88. The summed E-state index contributed by atoms with van der Waals surface area (Å²) >= 11 is 0. The van der Waals surface area contributed by atoms with Crippen LogP contribution in [-0.4, -0.2) is 66.7 Å². The first-order valence-corrected chi connectivity index (χ1v) is 12.8. The lowest BCUT2D eigenvalue weighted by Gasteiger charge is -2.27. The van der Waals surface area contributed by atoms with Crippen molar-refractivity contribution in [3.63, 3.8) is 0 Å². The van der Waals surface area contributed by atoms with Crippen LogP contribution < -0.4 is 5.32 Å². The zero-order valence-electron chi connectivity index (χ0n) is 22.3. The monoisotopic (exact) mass is 534 g/mol. The van der Waals surface area contributed by atoms with Gasteiger partial charge >= 0.3 is 5.97 Å². The first-order chi connectivity index (χ1) is 18.9. The van der Waals surface area contributed by atoms with Gasteiger partial charge in [-0.3, -0.25) is 4.79 Å². The highest BCUT2D eigenvalue weighted by atomic mass is 16.5. The summed E-state index contributed by atoms with van der Waals surface area (Å²) in [4.78, 5) is 28.1. The van der Waals surface area contributed by atoms with E-state index in [0.29, 0.717) is 41.9 Å². The molecule has 0 bridgehead atoms. The Hall–Kier alpha value is -3.92. The number of carbonyl (C=O) groups is 2. The van der Waals surface area contributed by atoms with E-state index in [2.05, 4.69) is 10.3 Å². The molecule has 0 fully saturated rings. The van der Waals surface area contributed by atoms with Crippen LogP contribution in [0.25, 0.3) is 16.5 Å². The molecule has 9 heteroatoms. The predicted molar refractivity (Wildman–Crippen MR) is 147 cm³/mol. The molecule has 206 valence electrons. The number of methoxy groups -OCH3 is 2. The highest BCUT2D eigenvalue weighted by Gasteiger charge is 2.27. The van der Waals surface area contributed by atoms with E-state index in [1.165, 1.54) is 0 Å². The third kappa shape index (κ3) is 6.22. The number of aromatic amines is 1. The zero-order chi connectivity index (χ0) is 27.9. The Kier molecular flexibility index (Phi) is 9.19. The van der Waals surface area contributed by atoms with Crippen LogP contribution in [0, 0.1) is 0 Å². The predicted octanol–water partition coefficient (Wildman–Crippen LogP) is 3.83. The quantitative estimate of drug-likeness (QED) is 0.278. The van der Waals surface area contributed by atoms with E-state index in [9.17, 15) is 19.8 Å². The lowest BCUT2D eigenvalue weighted by molar-refractivity contribution is -0.139. The normalized spacial score (nSPS) is 16.2. The summed E-state index contributed by atoms with van der Waals surface area (Å²) in [5.41, 5.74) is 4.90. The Morgan fingerprint density at radius 1 is 1.13 bits per heavy atom. The van der Waals surface area contributed by atoms with Crippen LogP contribution in [-0.2, 0) is 32.0 Å². The first kappa shape index (κ1) is 28.1.